The quantitative estimate of drug-likeness (QED) is 0.160. The SMILES string of the molecule is N/C(=N\C(=O)OCc1ccccc1)N(CCC[C@H](NC(=O)OCc1ccccc1)C(=O)O)C(=O)OCc1ccccc1. The number of ether oxygens (including phenoxy) is 3. The van der Waals surface area contributed by atoms with Gasteiger partial charge in [-0.05, 0) is 29.5 Å². The highest BCUT2D eigenvalue weighted by molar-refractivity contribution is 5.98. The highest BCUT2D eigenvalue weighted by Crippen LogP contribution is 2.08. The number of carboxylic acid groups (broad SMARTS) is 1. The van der Waals surface area contributed by atoms with Gasteiger partial charge in [0.2, 0.25) is 5.96 Å². The van der Waals surface area contributed by atoms with E-state index in [-0.39, 0.29) is 39.2 Å². The minimum atomic E-state index is -1.32. The Bertz CT molecular complexity index is 1340. The van der Waals surface area contributed by atoms with Crippen LogP contribution in [-0.4, -0.2) is 52.8 Å². The van der Waals surface area contributed by atoms with E-state index in [9.17, 15) is 24.3 Å². The molecule has 3 rings (SSSR count). The lowest BCUT2D eigenvalue weighted by Crippen LogP contribution is -2.45. The van der Waals surface area contributed by atoms with Crippen LogP contribution in [0.25, 0.3) is 0 Å². The average Bonchev–Trinajstić information content (AvgIpc) is 3.00. The highest BCUT2D eigenvalue weighted by Gasteiger charge is 2.24. The maximum Gasteiger partial charge on any atom is 0.437 e. The minimum absolute atomic E-state index is 0.0343. The van der Waals surface area contributed by atoms with Crippen molar-refractivity contribution in [3.63, 3.8) is 0 Å². The van der Waals surface area contributed by atoms with Crippen molar-refractivity contribution in [3.05, 3.63) is 108 Å². The Morgan fingerprint density at radius 1 is 0.762 bits per heavy atom. The van der Waals surface area contributed by atoms with Crippen LogP contribution in [0.15, 0.2) is 96.0 Å². The van der Waals surface area contributed by atoms with Gasteiger partial charge in [-0.3, -0.25) is 0 Å². The zero-order chi connectivity index (χ0) is 30.2. The lowest BCUT2D eigenvalue weighted by atomic mass is 10.1. The first-order chi connectivity index (χ1) is 20.3. The van der Waals surface area contributed by atoms with Crippen molar-refractivity contribution in [2.45, 2.75) is 38.7 Å². The van der Waals surface area contributed by atoms with Crippen LogP contribution in [0.5, 0.6) is 0 Å². The molecule has 3 aromatic carbocycles. The van der Waals surface area contributed by atoms with Gasteiger partial charge in [-0.25, -0.2) is 24.1 Å². The Morgan fingerprint density at radius 2 is 1.24 bits per heavy atom. The third kappa shape index (κ3) is 11.0. The molecule has 12 nitrogen and oxygen atoms in total. The molecule has 0 unspecified atom stereocenters. The first kappa shape index (κ1) is 31.1. The van der Waals surface area contributed by atoms with Crippen molar-refractivity contribution >= 4 is 30.2 Å². The Morgan fingerprint density at radius 3 is 1.74 bits per heavy atom. The van der Waals surface area contributed by atoms with Gasteiger partial charge in [0, 0.05) is 6.54 Å². The average molecular weight is 577 g/mol. The molecule has 0 aromatic heterocycles. The summed E-state index contributed by atoms with van der Waals surface area (Å²) in [6, 6.07) is 25.4. The summed E-state index contributed by atoms with van der Waals surface area (Å²) in [4.78, 5) is 53.7. The fourth-order valence-corrected chi connectivity index (χ4v) is 3.62. The fourth-order valence-electron chi connectivity index (χ4n) is 3.62. The molecule has 12 heteroatoms. The van der Waals surface area contributed by atoms with Gasteiger partial charge in [0.25, 0.3) is 0 Å². The lowest BCUT2D eigenvalue weighted by molar-refractivity contribution is -0.139. The number of carbonyl (C=O) groups excluding carboxylic acids is 3. The summed E-state index contributed by atoms with van der Waals surface area (Å²) in [6.45, 7) is -0.331. The Hall–Kier alpha value is -5.39. The van der Waals surface area contributed by atoms with E-state index < -0.39 is 36.3 Å². The van der Waals surface area contributed by atoms with Crippen LogP contribution in [-0.2, 0) is 38.8 Å². The maximum atomic E-state index is 12.9. The van der Waals surface area contributed by atoms with Crippen LogP contribution < -0.4 is 11.1 Å². The lowest BCUT2D eigenvalue weighted by Gasteiger charge is -2.22. The number of carboxylic acids is 1. The molecule has 0 aliphatic rings. The van der Waals surface area contributed by atoms with Crippen molar-refractivity contribution in [2.24, 2.45) is 10.7 Å². The zero-order valence-corrected chi connectivity index (χ0v) is 22.8. The van der Waals surface area contributed by atoms with Gasteiger partial charge in [-0.2, -0.15) is 0 Å². The van der Waals surface area contributed by atoms with Crippen LogP contribution in [0.1, 0.15) is 29.5 Å². The molecule has 0 fully saturated rings. The summed E-state index contributed by atoms with van der Waals surface area (Å²) < 4.78 is 15.5. The van der Waals surface area contributed by atoms with Crippen molar-refractivity contribution in [3.8, 4) is 0 Å². The van der Waals surface area contributed by atoms with Gasteiger partial charge in [-0.15, -0.1) is 4.99 Å². The number of amides is 3. The van der Waals surface area contributed by atoms with E-state index in [1.807, 2.05) is 18.2 Å². The van der Waals surface area contributed by atoms with E-state index in [2.05, 4.69) is 10.3 Å². The molecule has 3 aromatic rings. The third-order valence-electron chi connectivity index (χ3n) is 5.79. The summed E-state index contributed by atoms with van der Waals surface area (Å²) in [7, 11) is 0. The number of hydrogen-bond acceptors (Lipinski definition) is 7. The van der Waals surface area contributed by atoms with E-state index in [1.54, 1.807) is 72.8 Å². The monoisotopic (exact) mass is 576 g/mol. The normalized spacial score (nSPS) is 11.6. The summed E-state index contributed by atoms with van der Waals surface area (Å²) >= 11 is 0. The van der Waals surface area contributed by atoms with Gasteiger partial charge in [0.15, 0.2) is 0 Å². The summed E-state index contributed by atoms with van der Waals surface area (Å²) in [5, 5.41) is 11.9. The molecule has 1 atom stereocenters. The number of nitrogens with one attached hydrogen (secondary N) is 1. The number of rotatable bonds is 12. The van der Waals surface area contributed by atoms with Crippen LogP contribution >= 0.6 is 0 Å². The molecule has 0 aliphatic heterocycles. The van der Waals surface area contributed by atoms with Crippen molar-refractivity contribution in [1.82, 2.24) is 10.2 Å². The number of alkyl carbamates (subject to hydrolysis) is 1. The number of aliphatic imine (C=N–C) groups is 1. The zero-order valence-electron chi connectivity index (χ0n) is 22.8. The molecule has 0 aliphatic carbocycles. The summed E-state index contributed by atoms with van der Waals surface area (Å²) in [5.41, 5.74) is 8.16. The van der Waals surface area contributed by atoms with Crippen LogP contribution in [0, 0.1) is 0 Å². The number of nitrogens with two attached hydrogens (primary N) is 1. The molecule has 0 spiro atoms. The minimum Gasteiger partial charge on any atom is -0.480 e. The van der Waals surface area contributed by atoms with Crippen LogP contribution in [0.2, 0.25) is 0 Å². The number of hydrogen-bond donors (Lipinski definition) is 3. The molecule has 4 N–H and O–H groups in total. The summed E-state index contributed by atoms with van der Waals surface area (Å²) in [5.74, 6) is -1.79. The molecule has 0 radical (unpaired) electrons. The topological polar surface area (TPSA) is 170 Å². The molecule has 0 saturated heterocycles. The number of carbonyl (C=O) groups is 4. The number of nitrogens with zero attached hydrogens (tertiary/aromatic N) is 2. The second-order valence-corrected chi connectivity index (χ2v) is 8.94. The van der Waals surface area contributed by atoms with Gasteiger partial charge in [0.05, 0.1) is 0 Å². The smallest absolute Gasteiger partial charge is 0.437 e. The fraction of sp³-hybridized carbons (Fsp3) is 0.233. The maximum absolute atomic E-state index is 12.9. The largest absolute Gasteiger partial charge is 0.480 e. The van der Waals surface area contributed by atoms with Crippen molar-refractivity contribution < 1.29 is 38.5 Å². The first-order valence-corrected chi connectivity index (χ1v) is 13.0. The van der Waals surface area contributed by atoms with Crippen LogP contribution in [0.4, 0.5) is 14.4 Å². The summed E-state index contributed by atoms with van der Waals surface area (Å²) in [6.07, 6.45) is -2.88. The molecule has 3 amide bonds. The number of aliphatic carboxylic acids is 1. The van der Waals surface area contributed by atoms with E-state index >= 15 is 0 Å². The molecule has 220 valence electrons. The number of benzene rings is 3. The van der Waals surface area contributed by atoms with Gasteiger partial charge >= 0.3 is 24.2 Å². The third-order valence-corrected chi connectivity index (χ3v) is 5.79. The van der Waals surface area contributed by atoms with Gasteiger partial charge in [-0.1, -0.05) is 91.0 Å². The van der Waals surface area contributed by atoms with E-state index in [0.29, 0.717) is 5.56 Å². The molecule has 0 bridgehead atoms. The first-order valence-electron chi connectivity index (χ1n) is 13.0. The molecule has 0 saturated carbocycles. The Kier molecular flexibility index (Phi) is 12.3. The number of guanidine groups is 1. The standard InChI is InChI=1S/C30H32N4O8/c31-27(33-29(38)41-20-23-13-6-2-7-14-23)34(30(39)42-21-24-15-8-3-9-16-24)18-10-17-25(26(35)36)32-28(37)40-19-22-11-4-1-5-12-22/h1-9,11-16,25H,10,17-21H2,(H,32,37)(H,35,36)(H2,31,33,38)/t25-/m0/s1. The Labute approximate surface area is 242 Å². The predicted octanol–water partition coefficient (Wildman–Crippen LogP) is 4.44. The molecular weight excluding hydrogens is 544 g/mol. The van der Waals surface area contributed by atoms with Crippen molar-refractivity contribution in [2.75, 3.05) is 6.54 Å². The van der Waals surface area contributed by atoms with E-state index in [1.165, 1.54) is 0 Å². The molecule has 0 heterocycles. The van der Waals surface area contributed by atoms with Crippen LogP contribution in [0.3, 0.4) is 0 Å². The van der Waals surface area contributed by atoms with E-state index in [0.717, 1.165) is 16.0 Å². The van der Waals surface area contributed by atoms with Crippen molar-refractivity contribution in [1.29, 1.82) is 0 Å². The second kappa shape index (κ2) is 16.7. The Balaban J connectivity index is 1.60. The molecular formula is C30H32N4O8. The van der Waals surface area contributed by atoms with Gasteiger partial charge in [0.1, 0.15) is 25.9 Å². The van der Waals surface area contributed by atoms with E-state index in [4.69, 9.17) is 19.9 Å². The molecule has 42 heavy (non-hydrogen) atoms. The van der Waals surface area contributed by atoms with Gasteiger partial charge < -0.3 is 30.4 Å². The highest BCUT2D eigenvalue weighted by atomic mass is 16.6. The predicted molar refractivity (Wildman–Crippen MR) is 152 cm³/mol. The second-order valence-electron chi connectivity index (χ2n) is 8.94.